The van der Waals surface area contributed by atoms with Gasteiger partial charge in [0.05, 0.1) is 5.56 Å². The molecule has 0 atom stereocenters. The van der Waals surface area contributed by atoms with Crippen LogP contribution >= 0.6 is 0 Å². The van der Waals surface area contributed by atoms with Gasteiger partial charge in [-0.2, -0.15) is 17.6 Å². The molecule has 2 nitrogen and oxygen atoms in total. The molecule has 0 unspecified atom stereocenters. The molecule has 0 aliphatic heterocycles. The van der Waals surface area contributed by atoms with Gasteiger partial charge in [0, 0.05) is 0 Å². The molecule has 0 N–H and O–H groups in total. The van der Waals surface area contributed by atoms with E-state index in [1.165, 1.54) is 69.9 Å². The zero-order valence-corrected chi connectivity index (χ0v) is 21.4. The maximum Gasteiger partial charge on any atom is 0.426 e. The summed E-state index contributed by atoms with van der Waals surface area (Å²) in [4.78, 5) is 0. The van der Waals surface area contributed by atoms with E-state index in [9.17, 15) is 22.0 Å². The minimum Gasteiger partial charge on any atom is -0.432 e. The molecule has 37 heavy (non-hydrogen) atoms. The summed E-state index contributed by atoms with van der Waals surface area (Å²) in [5, 5.41) is 0. The molecule has 0 spiro atoms. The van der Waals surface area contributed by atoms with Crippen molar-refractivity contribution in [2.45, 2.75) is 96.2 Å². The van der Waals surface area contributed by atoms with Crippen molar-refractivity contribution in [2.75, 3.05) is 0 Å². The van der Waals surface area contributed by atoms with Crippen LogP contribution in [0.15, 0.2) is 42.5 Å². The van der Waals surface area contributed by atoms with Gasteiger partial charge in [0.25, 0.3) is 0 Å². The third kappa shape index (κ3) is 7.61. The molecule has 0 radical (unpaired) electrons. The van der Waals surface area contributed by atoms with Gasteiger partial charge in [-0.3, -0.25) is 0 Å². The first kappa shape index (κ1) is 27.7. The van der Waals surface area contributed by atoms with E-state index in [0.29, 0.717) is 12.0 Å². The lowest BCUT2D eigenvalue weighted by atomic mass is 9.74. The summed E-state index contributed by atoms with van der Waals surface area (Å²) in [6, 6.07) is 8.65. The van der Waals surface area contributed by atoms with Gasteiger partial charge in [-0.25, -0.2) is 4.39 Å². The van der Waals surface area contributed by atoms with Gasteiger partial charge in [-0.15, -0.1) is 0 Å². The Balaban J connectivity index is 1.25. The Morgan fingerprint density at radius 3 is 1.92 bits per heavy atom. The fourth-order valence-corrected chi connectivity index (χ4v) is 6.07. The second-order valence-electron chi connectivity index (χ2n) is 10.8. The Morgan fingerprint density at radius 2 is 1.38 bits per heavy atom. The molecule has 0 aromatic heterocycles. The Morgan fingerprint density at radius 1 is 0.811 bits per heavy atom. The van der Waals surface area contributed by atoms with Crippen LogP contribution in [0.5, 0.6) is 11.5 Å². The molecule has 0 heterocycles. The smallest absolute Gasteiger partial charge is 0.426 e. The summed E-state index contributed by atoms with van der Waals surface area (Å²) in [7, 11) is 0. The summed E-state index contributed by atoms with van der Waals surface area (Å²) in [6.07, 6.45) is 10.4. The van der Waals surface area contributed by atoms with Crippen LogP contribution in [0.2, 0.25) is 0 Å². The Labute approximate surface area is 216 Å². The predicted octanol–water partition coefficient (Wildman–Crippen LogP) is 9.83. The zero-order valence-electron chi connectivity index (χ0n) is 21.4. The number of halogens is 5. The third-order valence-electron chi connectivity index (χ3n) is 8.46. The zero-order chi connectivity index (χ0) is 26.4. The molecule has 2 aromatic rings. The summed E-state index contributed by atoms with van der Waals surface area (Å²) in [5.74, 6) is 0.907. The average Bonchev–Trinajstić information content (AvgIpc) is 2.89. The van der Waals surface area contributed by atoms with E-state index in [1.54, 1.807) is 0 Å². The second kappa shape index (κ2) is 12.5. The topological polar surface area (TPSA) is 18.5 Å². The van der Waals surface area contributed by atoms with E-state index in [4.69, 9.17) is 4.74 Å². The number of alkyl halides is 4. The minimum atomic E-state index is -3.83. The lowest BCUT2D eigenvalue weighted by Crippen LogP contribution is -2.22. The van der Waals surface area contributed by atoms with Crippen molar-refractivity contribution < 1.29 is 31.4 Å². The van der Waals surface area contributed by atoms with Crippen molar-refractivity contribution in [2.24, 2.45) is 17.8 Å². The summed E-state index contributed by atoms with van der Waals surface area (Å²) in [6.45, 7) is -0.944. The van der Waals surface area contributed by atoms with Crippen LogP contribution in [0.4, 0.5) is 22.0 Å². The largest absolute Gasteiger partial charge is 0.432 e. The van der Waals surface area contributed by atoms with Crippen LogP contribution in [-0.4, -0.2) is 6.61 Å². The van der Waals surface area contributed by atoms with E-state index < -0.39 is 29.9 Å². The minimum absolute atomic E-state index is 0.0476. The molecule has 0 bridgehead atoms. The molecule has 204 valence electrons. The molecule has 2 aliphatic carbocycles. The standard InChI is InChI=1S/C30H37F5O2/c1-2-20-3-5-21(6-4-20)7-8-22-9-11-23(12-10-22)24-13-16-26(17-14-24)37-30(34,35)25-15-18-28(27(31)19-25)36-29(32)33/h13-23,29H,2-12H2,1H3. The number of hydrogen-bond donors (Lipinski definition) is 0. The maximum atomic E-state index is 14.6. The van der Waals surface area contributed by atoms with Crippen molar-refractivity contribution in [1.82, 2.24) is 0 Å². The fourth-order valence-electron chi connectivity index (χ4n) is 6.07. The number of ether oxygens (including phenoxy) is 2. The Hall–Kier alpha value is -2.31. The number of rotatable bonds is 10. The van der Waals surface area contributed by atoms with Crippen molar-refractivity contribution in [3.8, 4) is 11.5 Å². The monoisotopic (exact) mass is 524 g/mol. The molecule has 2 fully saturated rings. The van der Waals surface area contributed by atoms with Gasteiger partial charge in [0.2, 0.25) is 0 Å². The van der Waals surface area contributed by atoms with Gasteiger partial charge < -0.3 is 9.47 Å². The van der Waals surface area contributed by atoms with Crippen molar-refractivity contribution in [3.63, 3.8) is 0 Å². The van der Waals surface area contributed by atoms with E-state index in [1.807, 2.05) is 12.1 Å². The van der Waals surface area contributed by atoms with E-state index in [0.717, 1.165) is 48.3 Å². The summed E-state index contributed by atoms with van der Waals surface area (Å²) >= 11 is 0. The first-order chi connectivity index (χ1) is 17.7. The normalized spacial score (nSPS) is 24.7. The van der Waals surface area contributed by atoms with Gasteiger partial charge in [-0.1, -0.05) is 64.0 Å². The van der Waals surface area contributed by atoms with Crippen molar-refractivity contribution in [3.05, 3.63) is 59.4 Å². The van der Waals surface area contributed by atoms with Crippen molar-refractivity contribution >= 4 is 0 Å². The lowest BCUT2D eigenvalue weighted by molar-refractivity contribution is -0.185. The first-order valence-corrected chi connectivity index (χ1v) is 13.6. The first-order valence-electron chi connectivity index (χ1n) is 13.6. The fraction of sp³-hybridized carbons (Fsp3) is 0.600. The maximum absolute atomic E-state index is 14.6. The highest BCUT2D eigenvalue weighted by Gasteiger charge is 2.36. The number of hydrogen-bond acceptors (Lipinski definition) is 2. The van der Waals surface area contributed by atoms with Crippen LogP contribution < -0.4 is 9.47 Å². The van der Waals surface area contributed by atoms with Crippen LogP contribution in [0, 0.1) is 23.6 Å². The summed E-state index contributed by atoms with van der Waals surface area (Å²) < 4.78 is 76.4. The quantitative estimate of drug-likeness (QED) is 0.288. The molecular weight excluding hydrogens is 487 g/mol. The van der Waals surface area contributed by atoms with Crippen LogP contribution in [-0.2, 0) is 6.11 Å². The highest BCUT2D eigenvalue weighted by molar-refractivity contribution is 5.33. The molecule has 2 aromatic carbocycles. The van der Waals surface area contributed by atoms with Gasteiger partial charge in [0.15, 0.2) is 11.6 Å². The highest BCUT2D eigenvalue weighted by atomic mass is 19.3. The van der Waals surface area contributed by atoms with Crippen molar-refractivity contribution in [1.29, 1.82) is 0 Å². The van der Waals surface area contributed by atoms with Crippen LogP contribution in [0.1, 0.15) is 94.6 Å². The SMILES string of the molecule is CCC1CCC(CCC2CCC(c3ccc(OC(F)(F)c4ccc(OC(F)F)c(F)c4)cc3)CC2)CC1. The second-order valence-corrected chi connectivity index (χ2v) is 10.8. The highest BCUT2D eigenvalue weighted by Crippen LogP contribution is 2.41. The predicted molar refractivity (Wildman–Crippen MR) is 134 cm³/mol. The summed E-state index contributed by atoms with van der Waals surface area (Å²) in [5.41, 5.74) is 0.332. The molecule has 7 heteroatoms. The van der Waals surface area contributed by atoms with Crippen LogP contribution in [0.3, 0.4) is 0 Å². The Kier molecular flexibility index (Phi) is 9.36. The molecule has 4 rings (SSSR count). The molecule has 0 amide bonds. The van der Waals surface area contributed by atoms with Gasteiger partial charge >= 0.3 is 12.7 Å². The average molecular weight is 525 g/mol. The van der Waals surface area contributed by atoms with Crippen LogP contribution in [0.25, 0.3) is 0 Å². The Bertz CT molecular complexity index is 978. The lowest BCUT2D eigenvalue weighted by Gasteiger charge is -2.32. The van der Waals surface area contributed by atoms with E-state index in [2.05, 4.69) is 11.7 Å². The third-order valence-corrected chi connectivity index (χ3v) is 8.46. The molecule has 2 aliphatic rings. The molecule has 0 saturated heterocycles. The molecule has 2 saturated carbocycles. The van der Waals surface area contributed by atoms with E-state index >= 15 is 0 Å². The van der Waals surface area contributed by atoms with Gasteiger partial charge in [0.1, 0.15) is 5.75 Å². The van der Waals surface area contributed by atoms with E-state index in [-0.39, 0.29) is 5.75 Å². The molecular formula is C30H37F5O2. The number of benzene rings is 2. The van der Waals surface area contributed by atoms with Gasteiger partial charge in [-0.05, 0) is 85.3 Å².